The van der Waals surface area contributed by atoms with Gasteiger partial charge < -0.3 is 16.0 Å². The third kappa shape index (κ3) is 11.5. The summed E-state index contributed by atoms with van der Waals surface area (Å²) in [5, 5.41) is 10.00. The van der Waals surface area contributed by atoms with Gasteiger partial charge in [-0.1, -0.05) is 126 Å². The van der Waals surface area contributed by atoms with E-state index in [1.54, 1.807) is 0 Å². The molecular formula is C33H36N6O3S3. The summed E-state index contributed by atoms with van der Waals surface area (Å²) < 4.78 is 0. The van der Waals surface area contributed by atoms with E-state index < -0.39 is 0 Å². The monoisotopic (exact) mass is 660 g/mol. The quantitative estimate of drug-likeness (QED) is 0.136. The van der Waals surface area contributed by atoms with Gasteiger partial charge in [-0.3, -0.25) is 14.4 Å². The first-order chi connectivity index (χ1) is 21.8. The average molecular weight is 661 g/mol. The highest BCUT2D eigenvalue weighted by Crippen LogP contribution is 2.24. The SMILES string of the molecule is C[C@@H](NC(=O)CSc1nc(SCC(=O)N[C@H](C)c2ccccc2)nc(SCC(=O)N[C@H](C)c2ccccc2)n1)c1ccccc1. The van der Waals surface area contributed by atoms with Crippen LogP contribution < -0.4 is 16.0 Å². The predicted molar refractivity (Wildman–Crippen MR) is 181 cm³/mol. The van der Waals surface area contributed by atoms with Crippen LogP contribution >= 0.6 is 35.3 Å². The highest BCUT2D eigenvalue weighted by Gasteiger charge is 2.17. The molecule has 3 amide bonds. The number of nitrogens with one attached hydrogen (secondary N) is 3. The molecule has 0 aliphatic heterocycles. The molecule has 45 heavy (non-hydrogen) atoms. The molecule has 4 rings (SSSR count). The number of amides is 3. The molecule has 3 aromatic carbocycles. The van der Waals surface area contributed by atoms with Crippen LogP contribution in [0.15, 0.2) is 106 Å². The molecule has 0 saturated heterocycles. The van der Waals surface area contributed by atoms with Crippen molar-refractivity contribution < 1.29 is 14.4 Å². The van der Waals surface area contributed by atoms with Crippen LogP contribution in [-0.2, 0) is 14.4 Å². The first kappa shape index (κ1) is 34.0. The maximum atomic E-state index is 12.7. The van der Waals surface area contributed by atoms with E-state index in [1.165, 1.54) is 35.3 Å². The maximum Gasteiger partial charge on any atom is 0.230 e. The van der Waals surface area contributed by atoms with Gasteiger partial charge in [-0.15, -0.1) is 0 Å². The fraction of sp³-hybridized carbons (Fsp3) is 0.273. The summed E-state index contributed by atoms with van der Waals surface area (Å²) in [7, 11) is 0. The smallest absolute Gasteiger partial charge is 0.230 e. The van der Waals surface area contributed by atoms with E-state index in [4.69, 9.17) is 0 Å². The summed E-state index contributed by atoms with van der Waals surface area (Å²) in [6.45, 7) is 5.78. The second-order valence-electron chi connectivity index (χ2n) is 10.1. The van der Waals surface area contributed by atoms with E-state index in [9.17, 15) is 14.4 Å². The molecule has 9 nitrogen and oxygen atoms in total. The number of nitrogens with zero attached hydrogens (tertiary/aromatic N) is 3. The van der Waals surface area contributed by atoms with Gasteiger partial charge in [0.05, 0.1) is 35.4 Å². The molecule has 0 radical (unpaired) electrons. The fourth-order valence-electron chi connectivity index (χ4n) is 4.23. The number of benzene rings is 3. The van der Waals surface area contributed by atoms with Gasteiger partial charge in [-0.2, -0.15) is 15.0 Å². The first-order valence-corrected chi connectivity index (χ1v) is 17.4. The Labute approximate surface area is 276 Å². The molecule has 0 unspecified atom stereocenters. The van der Waals surface area contributed by atoms with Crippen molar-refractivity contribution >= 4 is 53.0 Å². The molecule has 3 atom stereocenters. The predicted octanol–water partition coefficient (Wildman–Crippen LogP) is 5.78. The minimum atomic E-state index is -0.163. The zero-order chi connectivity index (χ0) is 32.0. The summed E-state index contributed by atoms with van der Waals surface area (Å²) in [6.07, 6.45) is 0. The molecule has 0 spiro atoms. The molecule has 3 N–H and O–H groups in total. The maximum absolute atomic E-state index is 12.7. The number of hydrogen-bond donors (Lipinski definition) is 3. The van der Waals surface area contributed by atoms with Crippen molar-refractivity contribution in [3.8, 4) is 0 Å². The molecule has 1 aromatic heterocycles. The van der Waals surface area contributed by atoms with E-state index in [1.807, 2.05) is 112 Å². The van der Waals surface area contributed by atoms with E-state index in [0.717, 1.165) is 16.7 Å². The van der Waals surface area contributed by atoms with Crippen molar-refractivity contribution in [1.29, 1.82) is 0 Å². The second kappa shape index (κ2) is 17.6. The van der Waals surface area contributed by atoms with E-state index in [2.05, 4.69) is 30.9 Å². The van der Waals surface area contributed by atoms with Gasteiger partial charge in [0, 0.05) is 0 Å². The van der Waals surface area contributed by atoms with Gasteiger partial charge in [0.25, 0.3) is 0 Å². The summed E-state index contributed by atoms with van der Waals surface area (Å²) >= 11 is 3.53. The van der Waals surface area contributed by atoms with Crippen molar-refractivity contribution in [2.45, 2.75) is 54.4 Å². The largest absolute Gasteiger partial charge is 0.349 e. The number of rotatable bonds is 15. The van der Waals surface area contributed by atoms with Crippen molar-refractivity contribution in [2.24, 2.45) is 0 Å². The molecule has 0 saturated carbocycles. The van der Waals surface area contributed by atoms with Gasteiger partial charge in [-0.25, -0.2) is 0 Å². The molecule has 4 aromatic rings. The third-order valence-electron chi connectivity index (χ3n) is 6.60. The topological polar surface area (TPSA) is 126 Å². The van der Waals surface area contributed by atoms with Crippen LogP contribution in [0.5, 0.6) is 0 Å². The number of carbonyl (C=O) groups excluding carboxylic acids is 3. The molecule has 234 valence electrons. The highest BCUT2D eigenvalue weighted by molar-refractivity contribution is 8.01. The Morgan fingerprint density at radius 3 is 0.978 bits per heavy atom. The summed E-state index contributed by atoms with van der Waals surface area (Å²) in [4.78, 5) is 51.7. The normalized spacial score (nSPS) is 12.9. The van der Waals surface area contributed by atoms with Crippen molar-refractivity contribution in [1.82, 2.24) is 30.9 Å². The Kier molecular flexibility index (Phi) is 13.3. The van der Waals surface area contributed by atoms with Crippen molar-refractivity contribution in [3.05, 3.63) is 108 Å². The van der Waals surface area contributed by atoms with Crippen LogP contribution in [0.1, 0.15) is 55.6 Å². The number of aromatic nitrogens is 3. The van der Waals surface area contributed by atoms with E-state index in [-0.39, 0.29) is 53.1 Å². The van der Waals surface area contributed by atoms with Gasteiger partial charge in [0.2, 0.25) is 17.7 Å². The Morgan fingerprint density at radius 2 is 0.733 bits per heavy atom. The molecule has 1 heterocycles. The Hall–Kier alpha value is -3.87. The Balaban J connectivity index is 1.38. The van der Waals surface area contributed by atoms with Crippen LogP contribution in [-0.4, -0.2) is 49.9 Å². The lowest BCUT2D eigenvalue weighted by Gasteiger charge is -2.15. The average Bonchev–Trinajstić information content (AvgIpc) is 3.06. The van der Waals surface area contributed by atoms with Gasteiger partial charge in [0.1, 0.15) is 0 Å². The summed E-state index contributed by atoms with van der Waals surface area (Å²) in [5.41, 5.74) is 3.02. The molecule has 0 aliphatic carbocycles. The van der Waals surface area contributed by atoms with Crippen LogP contribution in [0.25, 0.3) is 0 Å². The third-order valence-corrected chi connectivity index (χ3v) is 9.14. The van der Waals surface area contributed by atoms with Crippen LogP contribution in [0, 0.1) is 0 Å². The number of carbonyl (C=O) groups is 3. The lowest BCUT2D eigenvalue weighted by molar-refractivity contribution is -0.120. The first-order valence-electron chi connectivity index (χ1n) is 14.4. The minimum Gasteiger partial charge on any atom is -0.349 e. The van der Waals surface area contributed by atoms with Gasteiger partial charge in [-0.05, 0) is 37.5 Å². The highest BCUT2D eigenvalue weighted by atomic mass is 32.2. The van der Waals surface area contributed by atoms with Crippen LogP contribution in [0.2, 0.25) is 0 Å². The lowest BCUT2D eigenvalue weighted by Crippen LogP contribution is -2.28. The van der Waals surface area contributed by atoms with Crippen LogP contribution in [0.3, 0.4) is 0 Å². The number of thioether (sulfide) groups is 3. The zero-order valence-corrected chi connectivity index (χ0v) is 27.8. The molecular weight excluding hydrogens is 625 g/mol. The van der Waals surface area contributed by atoms with E-state index in [0.29, 0.717) is 15.5 Å². The summed E-state index contributed by atoms with van der Waals surface area (Å²) in [5.74, 6) is -0.199. The summed E-state index contributed by atoms with van der Waals surface area (Å²) in [6, 6.07) is 28.7. The number of hydrogen-bond acceptors (Lipinski definition) is 9. The molecule has 0 fully saturated rings. The van der Waals surface area contributed by atoms with Crippen molar-refractivity contribution in [3.63, 3.8) is 0 Å². The van der Waals surface area contributed by atoms with E-state index >= 15 is 0 Å². The Bertz CT molecular complexity index is 1350. The molecule has 0 aliphatic rings. The lowest BCUT2D eigenvalue weighted by atomic mass is 10.1. The van der Waals surface area contributed by atoms with Gasteiger partial charge >= 0.3 is 0 Å². The standard InChI is InChI=1S/C33H36N6O3S3/c1-22(25-13-7-4-8-14-25)34-28(40)19-43-31-37-32(44-20-29(41)35-23(2)26-15-9-5-10-16-26)39-33(38-31)45-21-30(42)36-24(3)27-17-11-6-12-18-27/h4-18,22-24H,19-21H2,1-3H3,(H,34,40)(H,35,41)(H,36,42)/t22-,23-,24-/m1/s1. The van der Waals surface area contributed by atoms with Crippen molar-refractivity contribution in [2.75, 3.05) is 17.3 Å². The fourth-order valence-corrected chi connectivity index (χ4v) is 6.34. The van der Waals surface area contributed by atoms with Gasteiger partial charge in [0.15, 0.2) is 15.5 Å². The molecule has 0 bridgehead atoms. The zero-order valence-electron chi connectivity index (χ0n) is 25.3. The van der Waals surface area contributed by atoms with Crippen LogP contribution in [0.4, 0.5) is 0 Å². The Morgan fingerprint density at radius 1 is 0.489 bits per heavy atom. The molecule has 12 heteroatoms. The minimum absolute atomic E-state index is 0.0968. The second-order valence-corrected chi connectivity index (χ2v) is 13.0.